The van der Waals surface area contributed by atoms with E-state index in [1.165, 1.54) is 0 Å². The maximum Gasteiger partial charge on any atom is 0.237 e. The number of hydrogen-bond donors (Lipinski definition) is 0. The van der Waals surface area contributed by atoms with Crippen LogP contribution >= 0.6 is 0 Å². The number of rotatable bonds is 4. The molecule has 1 amide bonds. The summed E-state index contributed by atoms with van der Waals surface area (Å²) >= 11 is 0. The first-order valence-corrected chi connectivity index (χ1v) is 11.2. The number of piperazine rings is 1. The second-order valence-corrected chi connectivity index (χ2v) is 8.82. The Morgan fingerprint density at radius 2 is 1.75 bits per heavy atom. The van der Waals surface area contributed by atoms with E-state index < -0.39 is 0 Å². The van der Waals surface area contributed by atoms with E-state index in [1.54, 1.807) is 6.33 Å². The molecule has 1 aromatic carbocycles. The molecule has 2 aliphatic heterocycles. The Morgan fingerprint density at radius 3 is 2.47 bits per heavy atom. The molecule has 2 aliphatic rings. The Labute approximate surface area is 188 Å². The molecule has 0 saturated carbocycles. The molecule has 8 heteroatoms. The summed E-state index contributed by atoms with van der Waals surface area (Å²) in [6.07, 6.45) is 8.13. The van der Waals surface area contributed by atoms with E-state index in [1.807, 2.05) is 52.3 Å². The molecule has 3 aromatic rings. The monoisotopic (exact) mass is 431 g/mol. The van der Waals surface area contributed by atoms with Crippen molar-refractivity contribution >= 4 is 11.6 Å². The van der Waals surface area contributed by atoms with Crippen LogP contribution in [0.5, 0.6) is 0 Å². The molecule has 1 saturated heterocycles. The Bertz CT molecular complexity index is 1060. The van der Waals surface area contributed by atoms with Gasteiger partial charge >= 0.3 is 0 Å². The lowest BCUT2D eigenvalue weighted by Gasteiger charge is -2.45. The van der Waals surface area contributed by atoms with Gasteiger partial charge in [0, 0.05) is 56.4 Å². The number of para-hydroxylation sites is 1. The van der Waals surface area contributed by atoms with Crippen molar-refractivity contribution in [2.75, 3.05) is 31.1 Å². The molecular formula is C24H29N7O. The van der Waals surface area contributed by atoms with Crippen LogP contribution in [0.2, 0.25) is 0 Å². The van der Waals surface area contributed by atoms with Gasteiger partial charge in [0.25, 0.3) is 0 Å². The summed E-state index contributed by atoms with van der Waals surface area (Å²) in [5, 5.41) is 4.74. The molecule has 4 heterocycles. The van der Waals surface area contributed by atoms with Crippen LogP contribution in [0.3, 0.4) is 0 Å². The average Bonchev–Trinajstić information content (AvgIpc) is 3.26. The lowest BCUT2D eigenvalue weighted by Crippen LogP contribution is -2.59. The highest BCUT2D eigenvalue weighted by Crippen LogP contribution is 2.23. The van der Waals surface area contributed by atoms with Gasteiger partial charge < -0.3 is 9.80 Å². The number of anilines is 1. The fourth-order valence-electron chi connectivity index (χ4n) is 4.83. The van der Waals surface area contributed by atoms with E-state index in [-0.39, 0.29) is 18.0 Å². The molecule has 8 nitrogen and oxygen atoms in total. The highest BCUT2D eigenvalue weighted by atomic mass is 16.2. The smallest absolute Gasteiger partial charge is 0.237 e. The molecule has 2 atom stereocenters. The Kier molecular flexibility index (Phi) is 5.61. The third-order valence-corrected chi connectivity index (χ3v) is 6.56. The van der Waals surface area contributed by atoms with E-state index in [2.05, 4.69) is 39.8 Å². The van der Waals surface area contributed by atoms with Crippen molar-refractivity contribution in [1.29, 1.82) is 0 Å². The second kappa shape index (κ2) is 8.70. The first-order chi connectivity index (χ1) is 15.6. The van der Waals surface area contributed by atoms with Crippen LogP contribution in [-0.2, 0) is 17.8 Å². The van der Waals surface area contributed by atoms with Crippen molar-refractivity contribution in [1.82, 2.24) is 29.5 Å². The highest BCUT2D eigenvalue weighted by Gasteiger charge is 2.33. The van der Waals surface area contributed by atoms with Gasteiger partial charge in [-0.05, 0) is 26.0 Å². The molecule has 0 bridgehead atoms. The molecule has 5 rings (SSSR count). The number of benzene rings is 1. The summed E-state index contributed by atoms with van der Waals surface area (Å²) in [4.78, 5) is 28.1. The number of carbonyl (C=O) groups is 1. The van der Waals surface area contributed by atoms with Crippen LogP contribution < -0.4 is 4.90 Å². The molecule has 0 radical (unpaired) electrons. The lowest BCUT2D eigenvalue weighted by atomic mass is 10.1. The number of amides is 1. The van der Waals surface area contributed by atoms with Gasteiger partial charge in [-0.25, -0.2) is 14.6 Å². The van der Waals surface area contributed by atoms with Crippen molar-refractivity contribution in [2.45, 2.75) is 38.9 Å². The van der Waals surface area contributed by atoms with Crippen LogP contribution in [0.4, 0.5) is 5.69 Å². The third-order valence-electron chi connectivity index (χ3n) is 6.56. The van der Waals surface area contributed by atoms with E-state index in [0.29, 0.717) is 13.1 Å². The predicted octanol–water partition coefficient (Wildman–Crippen LogP) is 2.15. The normalized spacial score (nSPS) is 21.4. The number of carbonyl (C=O) groups excluding carboxylic acids is 1. The molecule has 0 aliphatic carbocycles. The molecule has 2 aromatic heterocycles. The van der Waals surface area contributed by atoms with Crippen LogP contribution in [0.1, 0.15) is 25.1 Å². The number of aromatic nitrogens is 4. The van der Waals surface area contributed by atoms with Crippen LogP contribution in [0.25, 0.3) is 5.69 Å². The van der Waals surface area contributed by atoms with Crippen LogP contribution in [-0.4, -0.2) is 73.7 Å². The summed E-state index contributed by atoms with van der Waals surface area (Å²) in [6, 6.07) is 10.7. The standard InChI is InChI=1S/C24H29N7O/c1-18-12-29(22-10-25-17-26-11-22)13-19(2)30(18)16-24(32)28-9-8-23-20(14-28)15-31(27-23)21-6-4-3-5-7-21/h3-7,10-11,15,17-19H,8-9,12-14,16H2,1-2H3/t18-,19+. The minimum Gasteiger partial charge on any atom is -0.366 e. The molecule has 0 spiro atoms. The molecule has 166 valence electrons. The van der Waals surface area contributed by atoms with E-state index in [4.69, 9.17) is 5.10 Å². The van der Waals surface area contributed by atoms with Crippen molar-refractivity contribution in [3.05, 3.63) is 66.5 Å². The van der Waals surface area contributed by atoms with Gasteiger partial charge in [-0.3, -0.25) is 9.69 Å². The summed E-state index contributed by atoms with van der Waals surface area (Å²) in [5.74, 6) is 0.193. The summed E-state index contributed by atoms with van der Waals surface area (Å²) in [7, 11) is 0. The third kappa shape index (κ3) is 4.10. The SMILES string of the molecule is C[C@@H]1CN(c2cncnc2)C[C@H](C)N1CC(=O)N1CCc2nn(-c3ccccc3)cc2C1. The Morgan fingerprint density at radius 1 is 1.03 bits per heavy atom. The Hall–Kier alpha value is -3.26. The molecule has 32 heavy (non-hydrogen) atoms. The summed E-state index contributed by atoms with van der Waals surface area (Å²) in [5.41, 5.74) is 4.32. The average molecular weight is 432 g/mol. The van der Waals surface area contributed by atoms with Gasteiger partial charge in [0.15, 0.2) is 0 Å². The maximum absolute atomic E-state index is 13.2. The van der Waals surface area contributed by atoms with E-state index >= 15 is 0 Å². The summed E-state index contributed by atoms with van der Waals surface area (Å²) in [6.45, 7) is 7.91. The molecular weight excluding hydrogens is 402 g/mol. The zero-order valence-corrected chi connectivity index (χ0v) is 18.6. The highest BCUT2D eigenvalue weighted by molar-refractivity contribution is 5.78. The number of hydrogen-bond acceptors (Lipinski definition) is 6. The zero-order chi connectivity index (χ0) is 22.1. The number of fused-ring (bicyclic) bond motifs is 1. The van der Waals surface area contributed by atoms with Crippen LogP contribution in [0.15, 0.2) is 55.2 Å². The van der Waals surface area contributed by atoms with Crippen LogP contribution in [0, 0.1) is 0 Å². The quantitative estimate of drug-likeness (QED) is 0.631. The second-order valence-electron chi connectivity index (χ2n) is 8.82. The molecule has 0 N–H and O–H groups in total. The molecule has 1 fully saturated rings. The van der Waals surface area contributed by atoms with Gasteiger partial charge in [-0.1, -0.05) is 18.2 Å². The topological polar surface area (TPSA) is 70.4 Å². The fourth-order valence-corrected chi connectivity index (χ4v) is 4.83. The Balaban J connectivity index is 1.23. The van der Waals surface area contributed by atoms with Gasteiger partial charge in [-0.2, -0.15) is 5.10 Å². The first kappa shape index (κ1) is 20.6. The van der Waals surface area contributed by atoms with Crippen molar-refractivity contribution < 1.29 is 4.79 Å². The van der Waals surface area contributed by atoms with E-state index in [9.17, 15) is 4.79 Å². The van der Waals surface area contributed by atoms with Gasteiger partial charge in [0.2, 0.25) is 5.91 Å². The largest absolute Gasteiger partial charge is 0.366 e. The predicted molar refractivity (Wildman–Crippen MR) is 123 cm³/mol. The number of nitrogens with zero attached hydrogens (tertiary/aromatic N) is 7. The van der Waals surface area contributed by atoms with Gasteiger partial charge in [-0.15, -0.1) is 0 Å². The van der Waals surface area contributed by atoms with Gasteiger partial charge in [0.05, 0.1) is 36.0 Å². The zero-order valence-electron chi connectivity index (χ0n) is 18.6. The fraction of sp³-hybridized carbons (Fsp3) is 0.417. The van der Waals surface area contributed by atoms with Crippen molar-refractivity contribution in [2.24, 2.45) is 0 Å². The van der Waals surface area contributed by atoms with Gasteiger partial charge in [0.1, 0.15) is 6.33 Å². The van der Waals surface area contributed by atoms with E-state index in [0.717, 1.165) is 48.7 Å². The summed E-state index contributed by atoms with van der Waals surface area (Å²) < 4.78 is 1.93. The molecule has 0 unspecified atom stereocenters. The van der Waals surface area contributed by atoms with Crippen molar-refractivity contribution in [3.8, 4) is 5.69 Å². The lowest BCUT2D eigenvalue weighted by molar-refractivity contribution is -0.134. The minimum atomic E-state index is 0.193. The first-order valence-electron chi connectivity index (χ1n) is 11.2. The maximum atomic E-state index is 13.2. The minimum absolute atomic E-state index is 0.193. The van der Waals surface area contributed by atoms with Crippen molar-refractivity contribution in [3.63, 3.8) is 0 Å².